The van der Waals surface area contributed by atoms with Gasteiger partial charge in [-0.2, -0.15) is 0 Å². The molecule has 1 amide bonds. The van der Waals surface area contributed by atoms with E-state index in [0.29, 0.717) is 24.7 Å². The van der Waals surface area contributed by atoms with E-state index in [-0.39, 0.29) is 11.9 Å². The summed E-state index contributed by atoms with van der Waals surface area (Å²) in [6.45, 7) is 8.74. The molecule has 134 valence electrons. The lowest BCUT2D eigenvalue weighted by atomic mass is 9.92. The molecule has 1 aromatic carbocycles. The van der Waals surface area contributed by atoms with Crippen LogP contribution in [0.1, 0.15) is 33.6 Å². The zero-order valence-corrected chi connectivity index (χ0v) is 15.3. The van der Waals surface area contributed by atoms with E-state index < -0.39 is 5.41 Å². The molecular formula is C19H30N2O3. The summed E-state index contributed by atoms with van der Waals surface area (Å²) >= 11 is 0. The van der Waals surface area contributed by atoms with Crippen LogP contribution >= 0.6 is 0 Å². The van der Waals surface area contributed by atoms with E-state index in [4.69, 9.17) is 9.47 Å². The Balaban J connectivity index is 1.89. The van der Waals surface area contributed by atoms with Crippen LogP contribution in [0.2, 0.25) is 0 Å². The molecule has 1 saturated heterocycles. The maximum Gasteiger partial charge on any atom is 0.229 e. The van der Waals surface area contributed by atoms with Crippen molar-refractivity contribution in [2.75, 3.05) is 33.4 Å². The predicted octanol–water partition coefficient (Wildman–Crippen LogP) is 2.70. The normalized spacial score (nSPS) is 16.7. The minimum atomic E-state index is -0.595. The number of benzene rings is 1. The number of amides is 1. The fourth-order valence-corrected chi connectivity index (χ4v) is 2.70. The second-order valence-electron chi connectivity index (χ2n) is 7.10. The molecule has 1 aromatic rings. The van der Waals surface area contributed by atoms with Gasteiger partial charge in [0.25, 0.3) is 0 Å². The lowest BCUT2D eigenvalue weighted by molar-refractivity contribution is -0.131. The van der Waals surface area contributed by atoms with Crippen molar-refractivity contribution in [3.05, 3.63) is 24.3 Å². The Morgan fingerprint density at radius 2 is 1.79 bits per heavy atom. The lowest BCUT2D eigenvalue weighted by Gasteiger charge is -2.32. The highest BCUT2D eigenvalue weighted by molar-refractivity contribution is 5.82. The predicted molar refractivity (Wildman–Crippen MR) is 95.5 cm³/mol. The molecule has 5 nitrogen and oxygen atoms in total. The molecule has 1 heterocycles. The molecular weight excluding hydrogens is 304 g/mol. The monoisotopic (exact) mass is 334 g/mol. The molecule has 0 radical (unpaired) electrons. The van der Waals surface area contributed by atoms with Crippen molar-refractivity contribution in [3.63, 3.8) is 0 Å². The quantitative estimate of drug-likeness (QED) is 0.833. The van der Waals surface area contributed by atoms with Gasteiger partial charge in [-0.15, -0.1) is 0 Å². The smallest absolute Gasteiger partial charge is 0.229 e. The molecule has 0 saturated carbocycles. The van der Waals surface area contributed by atoms with Gasteiger partial charge in [0.2, 0.25) is 5.91 Å². The third kappa shape index (κ3) is 5.13. The average Bonchev–Trinajstić information content (AvgIpc) is 2.56. The van der Waals surface area contributed by atoms with Gasteiger partial charge in [-0.25, -0.2) is 0 Å². The van der Waals surface area contributed by atoms with Crippen LogP contribution in [0.15, 0.2) is 24.3 Å². The van der Waals surface area contributed by atoms with Gasteiger partial charge in [-0.05, 0) is 65.9 Å². The second kappa shape index (κ2) is 8.38. The summed E-state index contributed by atoms with van der Waals surface area (Å²) in [5.74, 6) is 1.44. The van der Waals surface area contributed by atoms with E-state index >= 15 is 0 Å². The Morgan fingerprint density at radius 3 is 2.38 bits per heavy atom. The van der Waals surface area contributed by atoms with Gasteiger partial charge in [0, 0.05) is 6.04 Å². The maximum atomic E-state index is 12.6. The van der Waals surface area contributed by atoms with Crippen LogP contribution in [0.3, 0.4) is 0 Å². The van der Waals surface area contributed by atoms with Gasteiger partial charge < -0.3 is 19.7 Å². The van der Waals surface area contributed by atoms with E-state index in [9.17, 15) is 4.79 Å². The molecule has 1 fully saturated rings. The van der Waals surface area contributed by atoms with Gasteiger partial charge in [0.15, 0.2) is 11.5 Å². The summed E-state index contributed by atoms with van der Waals surface area (Å²) in [6.07, 6.45) is 2.01. The summed E-state index contributed by atoms with van der Waals surface area (Å²) < 4.78 is 11.5. The summed E-state index contributed by atoms with van der Waals surface area (Å²) in [5, 5.41) is 3.18. The molecule has 1 N–H and O–H groups in total. The van der Waals surface area contributed by atoms with Crippen molar-refractivity contribution in [1.29, 1.82) is 0 Å². The van der Waals surface area contributed by atoms with Crippen molar-refractivity contribution in [2.24, 2.45) is 5.41 Å². The highest BCUT2D eigenvalue weighted by Crippen LogP contribution is 2.28. The van der Waals surface area contributed by atoms with E-state index in [2.05, 4.69) is 17.3 Å². The van der Waals surface area contributed by atoms with Crippen LogP contribution in [0.4, 0.5) is 0 Å². The Hall–Kier alpha value is -1.75. The SMILES string of the molecule is CCOc1ccccc1OCC(C)(C)C(=O)NC1CCN(C)CC1. The number of hydrogen-bond acceptors (Lipinski definition) is 4. The molecule has 5 heteroatoms. The van der Waals surface area contributed by atoms with Crippen LogP contribution in [-0.2, 0) is 4.79 Å². The summed E-state index contributed by atoms with van der Waals surface area (Å²) in [6, 6.07) is 7.84. The average molecular weight is 334 g/mol. The first-order valence-corrected chi connectivity index (χ1v) is 8.76. The number of nitrogens with zero attached hydrogens (tertiary/aromatic N) is 1. The minimum Gasteiger partial charge on any atom is -0.490 e. The third-order valence-corrected chi connectivity index (χ3v) is 4.41. The second-order valence-corrected chi connectivity index (χ2v) is 7.10. The molecule has 0 aromatic heterocycles. The van der Waals surface area contributed by atoms with Crippen molar-refractivity contribution in [2.45, 2.75) is 39.7 Å². The van der Waals surface area contributed by atoms with Gasteiger partial charge in [-0.3, -0.25) is 4.79 Å². The fraction of sp³-hybridized carbons (Fsp3) is 0.632. The maximum absolute atomic E-state index is 12.6. The van der Waals surface area contributed by atoms with Crippen LogP contribution in [0.5, 0.6) is 11.5 Å². The van der Waals surface area contributed by atoms with Crippen LogP contribution in [0.25, 0.3) is 0 Å². The van der Waals surface area contributed by atoms with Crippen molar-refractivity contribution in [1.82, 2.24) is 10.2 Å². The van der Waals surface area contributed by atoms with Crippen molar-refractivity contribution in [3.8, 4) is 11.5 Å². The van der Waals surface area contributed by atoms with Crippen molar-refractivity contribution < 1.29 is 14.3 Å². The van der Waals surface area contributed by atoms with Crippen LogP contribution < -0.4 is 14.8 Å². The molecule has 0 atom stereocenters. The number of nitrogens with one attached hydrogen (secondary N) is 1. The number of likely N-dealkylation sites (tertiary alicyclic amines) is 1. The minimum absolute atomic E-state index is 0.0472. The number of carbonyl (C=O) groups is 1. The van der Waals surface area contributed by atoms with E-state index in [1.54, 1.807) is 0 Å². The van der Waals surface area contributed by atoms with Gasteiger partial charge in [-0.1, -0.05) is 12.1 Å². The Morgan fingerprint density at radius 1 is 1.21 bits per heavy atom. The first kappa shape index (κ1) is 18.6. The molecule has 0 aliphatic carbocycles. The van der Waals surface area contributed by atoms with Crippen LogP contribution in [-0.4, -0.2) is 50.2 Å². The fourth-order valence-electron chi connectivity index (χ4n) is 2.70. The Labute approximate surface area is 145 Å². The van der Waals surface area contributed by atoms with Gasteiger partial charge in [0.1, 0.15) is 6.61 Å². The molecule has 1 aliphatic heterocycles. The van der Waals surface area contributed by atoms with Gasteiger partial charge >= 0.3 is 0 Å². The topological polar surface area (TPSA) is 50.8 Å². The summed E-state index contributed by atoms with van der Waals surface area (Å²) in [4.78, 5) is 14.9. The number of hydrogen-bond donors (Lipinski definition) is 1. The van der Waals surface area contributed by atoms with Gasteiger partial charge in [0.05, 0.1) is 12.0 Å². The molecule has 2 rings (SSSR count). The Kier molecular flexibility index (Phi) is 6.49. The number of piperidine rings is 1. The number of para-hydroxylation sites is 2. The molecule has 24 heavy (non-hydrogen) atoms. The first-order valence-electron chi connectivity index (χ1n) is 8.76. The van der Waals surface area contributed by atoms with E-state index in [1.165, 1.54) is 0 Å². The van der Waals surface area contributed by atoms with E-state index in [1.807, 2.05) is 45.0 Å². The molecule has 0 unspecified atom stereocenters. The Bertz CT molecular complexity index is 537. The molecule has 0 spiro atoms. The molecule has 0 bridgehead atoms. The van der Waals surface area contributed by atoms with E-state index in [0.717, 1.165) is 25.9 Å². The summed E-state index contributed by atoms with van der Waals surface area (Å²) in [5.41, 5.74) is -0.595. The lowest BCUT2D eigenvalue weighted by Crippen LogP contribution is -2.49. The van der Waals surface area contributed by atoms with Crippen molar-refractivity contribution >= 4 is 5.91 Å². The first-order chi connectivity index (χ1) is 11.4. The zero-order valence-electron chi connectivity index (χ0n) is 15.3. The number of rotatable bonds is 7. The highest BCUT2D eigenvalue weighted by atomic mass is 16.5. The number of ether oxygens (including phenoxy) is 2. The molecule has 1 aliphatic rings. The largest absolute Gasteiger partial charge is 0.490 e. The standard InChI is InChI=1S/C19H30N2O3/c1-5-23-16-8-6-7-9-17(16)24-14-19(2,3)18(22)20-15-10-12-21(4)13-11-15/h6-9,15H,5,10-14H2,1-4H3,(H,20,22). The van der Waals surface area contributed by atoms with Crippen LogP contribution in [0, 0.1) is 5.41 Å². The summed E-state index contributed by atoms with van der Waals surface area (Å²) in [7, 11) is 2.12. The highest BCUT2D eigenvalue weighted by Gasteiger charge is 2.31. The number of carbonyl (C=O) groups excluding carboxylic acids is 1. The zero-order chi connectivity index (χ0) is 17.6. The third-order valence-electron chi connectivity index (χ3n) is 4.41.